The molecule has 1 atom stereocenters. The number of amides is 1. The van der Waals surface area contributed by atoms with Crippen LogP contribution in [0.1, 0.15) is 38.6 Å². The zero-order valence-electron chi connectivity index (χ0n) is 17.4. The maximum Gasteiger partial charge on any atom is 0.256 e. The van der Waals surface area contributed by atoms with E-state index in [0.29, 0.717) is 32.3 Å². The van der Waals surface area contributed by atoms with E-state index in [1.807, 2.05) is 18.2 Å². The number of ketones is 1. The molecule has 4 nitrogen and oxygen atoms in total. The minimum atomic E-state index is -0.611. The minimum Gasteiger partial charge on any atom is -0.316 e. The molecule has 160 valence electrons. The fourth-order valence-electron chi connectivity index (χ4n) is 3.33. The lowest BCUT2D eigenvalue weighted by Gasteiger charge is -2.20. The molecule has 1 N–H and O–H groups in total. The van der Waals surface area contributed by atoms with Crippen molar-refractivity contribution in [1.29, 1.82) is 5.26 Å². The number of thioether (sulfide) groups is 1. The zero-order chi connectivity index (χ0) is 22.9. The Kier molecular flexibility index (Phi) is 8.27. The van der Waals surface area contributed by atoms with Gasteiger partial charge in [0.15, 0.2) is 5.78 Å². The molecule has 0 fully saturated rings. The van der Waals surface area contributed by atoms with Crippen LogP contribution in [0.2, 0.25) is 5.02 Å². The summed E-state index contributed by atoms with van der Waals surface area (Å²) >= 11 is 7.71. The number of allylic oxidation sites excluding steroid dienone is 1. The molecule has 0 aliphatic heterocycles. The van der Waals surface area contributed by atoms with Gasteiger partial charge >= 0.3 is 0 Å². The second-order valence-corrected chi connectivity index (χ2v) is 8.17. The van der Waals surface area contributed by atoms with Crippen molar-refractivity contribution in [3.8, 4) is 6.07 Å². The standard InChI is InChI=1S/C26H21ClN2O2S/c1-32-26(29-25(31)19-12-6-3-7-13-19)22(17-28)21(20-14-8-9-15-23(20)27)16-24(30)18-10-4-2-5-11-18/h2-15,21H,16H2,1H3,(H,29,31)/b26-22+/t21-/m1/s1. The topological polar surface area (TPSA) is 70.0 Å². The van der Waals surface area contributed by atoms with E-state index in [1.54, 1.807) is 73.0 Å². The lowest BCUT2D eigenvalue weighted by Crippen LogP contribution is -2.24. The number of halogens is 1. The molecule has 0 saturated carbocycles. The Morgan fingerprint density at radius 1 is 0.938 bits per heavy atom. The van der Waals surface area contributed by atoms with Gasteiger partial charge in [0, 0.05) is 28.5 Å². The van der Waals surface area contributed by atoms with Gasteiger partial charge in [-0.15, -0.1) is 11.8 Å². The van der Waals surface area contributed by atoms with E-state index in [-0.39, 0.29) is 18.1 Å². The van der Waals surface area contributed by atoms with Crippen LogP contribution in [0.25, 0.3) is 0 Å². The summed E-state index contributed by atoms with van der Waals surface area (Å²) in [6.07, 6.45) is 1.82. The molecule has 0 aliphatic carbocycles. The third kappa shape index (κ3) is 5.67. The van der Waals surface area contributed by atoms with E-state index in [2.05, 4.69) is 11.4 Å². The Labute approximate surface area is 196 Å². The molecule has 1 amide bonds. The monoisotopic (exact) mass is 460 g/mol. The van der Waals surface area contributed by atoms with Crippen LogP contribution in [-0.4, -0.2) is 17.9 Å². The number of nitrogens with zero attached hydrogens (tertiary/aromatic N) is 1. The first-order valence-electron chi connectivity index (χ1n) is 9.92. The predicted octanol–water partition coefficient (Wildman–Crippen LogP) is 6.22. The maximum absolute atomic E-state index is 13.0. The SMILES string of the molecule is CS/C(NC(=O)c1ccccc1)=C(\C#N)[C@H](CC(=O)c1ccccc1)c1ccccc1Cl. The molecule has 0 aliphatic rings. The average Bonchev–Trinajstić information content (AvgIpc) is 2.84. The second-order valence-electron chi connectivity index (χ2n) is 6.95. The molecule has 0 unspecified atom stereocenters. The molecule has 0 aromatic heterocycles. The molecule has 0 heterocycles. The van der Waals surface area contributed by atoms with Gasteiger partial charge < -0.3 is 5.32 Å². The van der Waals surface area contributed by atoms with Crippen LogP contribution in [0.15, 0.2) is 95.5 Å². The van der Waals surface area contributed by atoms with Gasteiger partial charge in [-0.2, -0.15) is 5.26 Å². The molecule has 0 spiro atoms. The van der Waals surface area contributed by atoms with Crippen LogP contribution >= 0.6 is 23.4 Å². The molecular weight excluding hydrogens is 440 g/mol. The van der Waals surface area contributed by atoms with Gasteiger partial charge in [-0.3, -0.25) is 9.59 Å². The predicted molar refractivity (Wildman–Crippen MR) is 130 cm³/mol. The number of hydrogen-bond donors (Lipinski definition) is 1. The summed E-state index contributed by atoms with van der Waals surface area (Å²) in [6, 6.07) is 27.1. The zero-order valence-corrected chi connectivity index (χ0v) is 19.0. The molecule has 3 aromatic carbocycles. The highest BCUT2D eigenvalue weighted by Gasteiger charge is 2.27. The van der Waals surface area contributed by atoms with E-state index in [0.717, 1.165) is 0 Å². The van der Waals surface area contributed by atoms with Crippen molar-refractivity contribution >= 4 is 35.1 Å². The first kappa shape index (κ1) is 23.3. The Hall–Kier alpha value is -3.33. The van der Waals surface area contributed by atoms with Crippen molar-refractivity contribution in [3.63, 3.8) is 0 Å². The summed E-state index contributed by atoms with van der Waals surface area (Å²) in [4.78, 5) is 25.8. The normalized spacial score (nSPS) is 12.3. The fraction of sp³-hybridized carbons (Fsp3) is 0.115. The van der Waals surface area contributed by atoms with Crippen molar-refractivity contribution < 1.29 is 9.59 Å². The summed E-state index contributed by atoms with van der Waals surface area (Å²) in [5, 5.41) is 13.8. The fourth-order valence-corrected chi connectivity index (χ4v) is 4.20. The van der Waals surface area contributed by atoms with Gasteiger partial charge in [0.05, 0.1) is 16.7 Å². The van der Waals surface area contributed by atoms with Crippen LogP contribution < -0.4 is 5.32 Å². The lowest BCUT2D eigenvalue weighted by molar-refractivity contribution is 0.0966. The van der Waals surface area contributed by atoms with Gasteiger partial charge in [-0.05, 0) is 30.0 Å². The Bertz CT molecular complexity index is 1170. The smallest absolute Gasteiger partial charge is 0.256 e. The number of hydrogen-bond acceptors (Lipinski definition) is 4. The number of nitrogens with one attached hydrogen (secondary N) is 1. The molecular formula is C26H21ClN2O2S. The number of rotatable bonds is 8. The van der Waals surface area contributed by atoms with Gasteiger partial charge in [-0.1, -0.05) is 78.3 Å². The first-order valence-corrected chi connectivity index (χ1v) is 11.5. The maximum atomic E-state index is 13.0. The largest absolute Gasteiger partial charge is 0.316 e. The third-order valence-electron chi connectivity index (χ3n) is 4.95. The molecule has 0 bridgehead atoms. The highest BCUT2D eigenvalue weighted by Crippen LogP contribution is 2.36. The molecule has 3 aromatic rings. The average molecular weight is 461 g/mol. The van der Waals surface area contributed by atoms with Crippen LogP contribution in [0.4, 0.5) is 0 Å². The summed E-state index contributed by atoms with van der Waals surface area (Å²) in [5.74, 6) is -1.05. The summed E-state index contributed by atoms with van der Waals surface area (Å²) < 4.78 is 0. The third-order valence-corrected chi connectivity index (χ3v) is 6.02. The van der Waals surface area contributed by atoms with Crippen molar-refractivity contribution in [2.75, 3.05) is 6.26 Å². The number of Topliss-reactive ketones (excluding diaryl/α,β-unsaturated/α-hetero) is 1. The molecule has 6 heteroatoms. The Balaban J connectivity index is 2.03. The highest BCUT2D eigenvalue weighted by atomic mass is 35.5. The van der Waals surface area contributed by atoms with Gasteiger partial charge in [0.2, 0.25) is 0 Å². The summed E-state index contributed by atoms with van der Waals surface area (Å²) in [6.45, 7) is 0. The summed E-state index contributed by atoms with van der Waals surface area (Å²) in [5.41, 5.74) is 1.99. The number of benzene rings is 3. The van der Waals surface area contributed by atoms with Crippen LogP contribution in [0, 0.1) is 11.3 Å². The lowest BCUT2D eigenvalue weighted by atomic mass is 9.86. The quantitative estimate of drug-likeness (QED) is 0.319. The van der Waals surface area contributed by atoms with Crippen LogP contribution in [0.5, 0.6) is 0 Å². The van der Waals surface area contributed by atoms with Crippen molar-refractivity contribution in [2.24, 2.45) is 0 Å². The van der Waals surface area contributed by atoms with Crippen molar-refractivity contribution in [2.45, 2.75) is 12.3 Å². The molecule has 0 saturated heterocycles. The molecule has 3 rings (SSSR count). The Morgan fingerprint density at radius 2 is 1.50 bits per heavy atom. The molecule has 0 radical (unpaired) electrons. The van der Waals surface area contributed by atoms with Gasteiger partial charge in [0.1, 0.15) is 0 Å². The van der Waals surface area contributed by atoms with E-state index < -0.39 is 5.92 Å². The van der Waals surface area contributed by atoms with Gasteiger partial charge in [-0.25, -0.2) is 0 Å². The number of nitriles is 1. The van der Waals surface area contributed by atoms with Crippen LogP contribution in [-0.2, 0) is 0 Å². The van der Waals surface area contributed by atoms with Crippen molar-refractivity contribution in [1.82, 2.24) is 5.32 Å². The Morgan fingerprint density at radius 3 is 2.06 bits per heavy atom. The highest BCUT2D eigenvalue weighted by molar-refractivity contribution is 8.02. The van der Waals surface area contributed by atoms with Crippen molar-refractivity contribution in [3.05, 3.63) is 117 Å². The van der Waals surface area contributed by atoms with Crippen LogP contribution in [0.3, 0.4) is 0 Å². The molecule has 32 heavy (non-hydrogen) atoms. The number of carbonyl (C=O) groups is 2. The summed E-state index contributed by atoms with van der Waals surface area (Å²) in [7, 11) is 0. The minimum absolute atomic E-state index is 0.0436. The van der Waals surface area contributed by atoms with E-state index in [4.69, 9.17) is 11.6 Å². The number of carbonyl (C=O) groups excluding carboxylic acids is 2. The van der Waals surface area contributed by atoms with E-state index in [9.17, 15) is 14.9 Å². The first-order chi connectivity index (χ1) is 15.5. The second kappa shape index (κ2) is 11.3. The van der Waals surface area contributed by atoms with Gasteiger partial charge in [0.25, 0.3) is 5.91 Å². The van der Waals surface area contributed by atoms with E-state index in [1.165, 1.54) is 11.8 Å². The van der Waals surface area contributed by atoms with E-state index >= 15 is 0 Å².